The van der Waals surface area contributed by atoms with Crippen molar-refractivity contribution in [2.24, 2.45) is 0 Å². The first-order valence-electron chi connectivity index (χ1n) is 11.6. The molecule has 2 saturated heterocycles. The quantitative estimate of drug-likeness (QED) is 0.481. The van der Waals surface area contributed by atoms with Gasteiger partial charge >= 0.3 is 0 Å². The third-order valence-corrected chi connectivity index (χ3v) is 7.44. The van der Waals surface area contributed by atoms with Gasteiger partial charge in [-0.05, 0) is 48.9 Å². The molecule has 4 atom stereocenters. The summed E-state index contributed by atoms with van der Waals surface area (Å²) >= 11 is 0. The van der Waals surface area contributed by atoms with E-state index in [0.29, 0.717) is 18.1 Å². The fourth-order valence-corrected chi connectivity index (χ4v) is 5.72. The average molecular weight is 424 g/mol. The van der Waals surface area contributed by atoms with Gasteiger partial charge in [-0.25, -0.2) is 0 Å². The molecule has 2 aliphatic heterocycles. The van der Waals surface area contributed by atoms with Crippen molar-refractivity contribution in [1.29, 1.82) is 0 Å². The first-order chi connectivity index (χ1) is 15.7. The van der Waals surface area contributed by atoms with Crippen LogP contribution in [0.15, 0.2) is 71.7 Å². The van der Waals surface area contributed by atoms with Crippen LogP contribution in [0.4, 0.5) is 5.69 Å². The lowest BCUT2D eigenvalue weighted by Gasteiger charge is -2.34. The van der Waals surface area contributed by atoms with Crippen LogP contribution in [0, 0.1) is 0 Å². The number of ether oxygens (including phenoxy) is 1. The van der Waals surface area contributed by atoms with E-state index in [2.05, 4.69) is 53.4 Å². The van der Waals surface area contributed by atoms with Gasteiger partial charge in [-0.2, -0.15) is 0 Å². The summed E-state index contributed by atoms with van der Waals surface area (Å²) in [5, 5.41) is 3.01. The van der Waals surface area contributed by atoms with Crippen molar-refractivity contribution < 1.29 is 4.74 Å². The fraction of sp³-hybridized carbons (Fsp3) is 0.333. The molecule has 1 saturated carbocycles. The van der Waals surface area contributed by atoms with Gasteiger partial charge in [0.15, 0.2) is 0 Å². The molecule has 0 N–H and O–H groups in total. The van der Waals surface area contributed by atoms with Gasteiger partial charge in [-0.1, -0.05) is 36.4 Å². The van der Waals surface area contributed by atoms with Crippen LogP contribution in [0.25, 0.3) is 21.7 Å². The molecular formula is C27H25N3O2. The van der Waals surface area contributed by atoms with Crippen LogP contribution in [0.3, 0.4) is 0 Å². The number of benzene rings is 2. The average Bonchev–Trinajstić information content (AvgIpc) is 3.55. The normalized spacial score (nSPS) is 26.7. The Balaban J connectivity index is 1.26. The molecule has 3 aliphatic rings. The van der Waals surface area contributed by atoms with E-state index in [9.17, 15) is 4.79 Å². The minimum absolute atomic E-state index is 0.116. The van der Waals surface area contributed by atoms with Gasteiger partial charge in [-0.3, -0.25) is 9.78 Å². The van der Waals surface area contributed by atoms with Crippen LogP contribution < -0.4 is 10.5 Å². The van der Waals surface area contributed by atoms with E-state index >= 15 is 0 Å². The summed E-state index contributed by atoms with van der Waals surface area (Å²) < 4.78 is 7.97. The maximum absolute atomic E-state index is 13.7. The maximum Gasteiger partial charge on any atom is 0.260 e. The standard InChI is InChI=1S/C27H25N3O2/c31-27-26-18(5-3-7-24(26)29-15-19-9-10-20(16-29)32-19)12-13-30(27)25-14-21(25)23-11-8-17-4-1-2-6-22(17)28-23/h1-8,11-13,19-21,25H,9-10,14-16H2/t19-,20+,21-,25-/m1/s1. The summed E-state index contributed by atoms with van der Waals surface area (Å²) in [6.07, 6.45) is 5.77. The van der Waals surface area contributed by atoms with Crippen LogP contribution in [0.5, 0.6) is 0 Å². The first-order valence-corrected chi connectivity index (χ1v) is 11.6. The van der Waals surface area contributed by atoms with E-state index in [0.717, 1.165) is 65.4 Å². The zero-order valence-corrected chi connectivity index (χ0v) is 17.9. The summed E-state index contributed by atoms with van der Waals surface area (Å²) in [6.45, 7) is 1.74. The summed E-state index contributed by atoms with van der Waals surface area (Å²) in [5.74, 6) is 0.293. The van der Waals surface area contributed by atoms with Crippen molar-refractivity contribution in [3.63, 3.8) is 0 Å². The van der Waals surface area contributed by atoms with E-state index in [1.54, 1.807) is 0 Å². The van der Waals surface area contributed by atoms with E-state index in [4.69, 9.17) is 9.72 Å². The molecule has 2 aromatic carbocycles. The lowest BCUT2D eigenvalue weighted by molar-refractivity contribution is 0.0306. The second kappa shape index (κ2) is 6.91. The molecule has 0 spiro atoms. The van der Waals surface area contributed by atoms with E-state index in [1.807, 2.05) is 22.9 Å². The van der Waals surface area contributed by atoms with Gasteiger partial charge in [-0.15, -0.1) is 0 Å². The van der Waals surface area contributed by atoms with Crippen LogP contribution in [-0.4, -0.2) is 34.8 Å². The van der Waals surface area contributed by atoms with Crippen molar-refractivity contribution in [3.05, 3.63) is 82.9 Å². The van der Waals surface area contributed by atoms with Crippen molar-refractivity contribution in [2.45, 2.75) is 43.4 Å². The summed E-state index contributed by atoms with van der Waals surface area (Å²) in [4.78, 5) is 21.0. The lowest BCUT2D eigenvalue weighted by Crippen LogP contribution is -2.43. The highest BCUT2D eigenvalue weighted by Crippen LogP contribution is 2.50. The molecule has 0 amide bonds. The Bertz CT molecular complexity index is 1400. The predicted octanol–water partition coefficient (Wildman–Crippen LogP) is 4.65. The second-order valence-electron chi connectivity index (χ2n) is 9.47. The highest BCUT2D eigenvalue weighted by Gasteiger charge is 2.42. The Morgan fingerprint density at radius 2 is 1.69 bits per heavy atom. The Morgan fingerprint density at radius 3 is 2.56 bits per heavy atom. The molecule has 2 aromatic heterocycles. The van der Waals surface area contributed by atoms with E-state index in [1.165, 1.54) is 0 Å². The monoisotopic (exact) mass is 423 g/mol. The Morgan fingerprint density at radius 1 is 0.875 bits per heavy atom. The van der Waals surface area contributed by atoms with Crippen LogP contribution >= 0.6 is 0 Å². The number of rotatable bonds is 3. The molecule has 0 unspecified atom stereocenters. The van der Waals surface area contributed by atoms with E-state index in [-0.39, 0.29) is 11.6 Å². The van der Waals surface area contributed by atoms with Crippen LogP contribution in [-0.2, 0) is 4.74 Å². The highest BCUT2D eigenvalue weighted by atomic mass is 16.5. The number of anilines is 1. The number of hydrogen-bond acceptors (Lipinski definition) is 4. The number of hydrogen-bond donors (Lipinski definition) is 0. The van der Waals surface area contributed by atoms with Crippen molar-refractivity contribution in [3.8, 4) is 0 Å². The van der Waals surface area contributed by atoms with Gasteiger partial charge < -0.3 is 14.2 Å². The Kier molecular flexibility index (Phi) is 3.97. The highest BCUT2D eigenvalue weighted by molar-refractivity contribution is 5.93. The lowest BCUT2D eigenvalue weighted by atomic mass is 10.1. The summed E-state index contributed by atoms with van der Waals surface area (Å²) in [6, 6.07) is 21.0. The fourth-order valence-electron chi connectivity index (χ4n) is 5.72. The Hall–Kier alpha value is -3.18. The molecule has 3 fully saturated rings. The molecule has 160 valence electrons. The molecule has 7 rings (SSSR count). The molecule has 32 heavy (non-hydrogen) atoms. The minimum Gasteiger partial charge on any atom is -0.371 e. The number of aromatic nitrogens is 2. The number of fused-ring (bicyclic) bond motifs is 4. The third-order valence-electron chi connectivity index (χ3n) is 7.44. The summed E-state index contributed by atoms with van der Waals surface area (Å²) in [7, 11) is 0. The molecule has 0 radical (unpaired) electrons. The molecule has 5 nitrogen and oxygen atoms in total. The second-order valence-corrected chi connectivity index (χ2v) is 9.47. The van der Waals surface area contributed by atoms with Gasteiger partial charge in [0, 0.05) is 42.3 Å². The van der Waals surface area contributed by atoms with Gasteiger partial charge in [0.1, 0.15) is 0 Å². The molecule has 2 bridgehead atoms. The number of para-hydroxylation sites is 1. The molecular weight excluding hydrogens is 398 g/mol. The molecule has 4 heterocycles. The molecule has 1 aliphatic carbocycles. The number of pyridine rings is 2. The topological polar surface area (TPSA) is 47.4 Å². The largest absolute Gasteiger partial charge is 0.371 e. The van der Waals surface area contributed by atoms with Crippen molar-refractivity contribution in [2.75, 3.05) is 18.0 Å². The van der Waals surface area contributed by atoms with Gasteiger partial charge in [0.25, 0.3) is 5.56 Å². The van der Waals surface area contributed by atoms with Crippen LogP contribution in [0.1, 0.15) is 36.9 Å². The number of morpholine rings is 1. The first kappa shape index (κ1) is 18.4. The Labute approximate surface area is 186 Å². The predicted molar refractivity (Wildman–Crippen MR) is 126 cm³/mol. The zero-order valence-electron chi connectivity index (χ0n) is 17.9. The van der Waals surface area contributed by atoms with Gasteiger partial charge in [0.2, 0.25) is 0 Å². The maximum atomic E-state index is 13.7. The SMILES string of the molecule is O=c1c2c(N3C[C@H]4CC[C@@H](C3)O4)cccc2ccn1[C@@H]1C[C@@H]1c1ccc2ccccc2n1. The molecule has 4 aromatic rings. The van der Waals surface area contributed by atoms with Crippen molar-refractivity contribution >= 4 is 27.4 Å². The number of nitrogens with zero attached hydrogens (tertiary/aromatic N) is 3. The molecule has 5 heteroatoms. The summed E-state index contributed by atoms with van der Waals surface area (Å²) in [5.41, 5.74) is 3.28. The van der Waals surface area contributed by atoms with Crippen molar-refractivity contribution in [1.82, 2.24) is 9.55 Å². The smallest absolute Gasteiger partial charge is 0.260 e. The zero-order chi connectivity index (χ0) is 21.2. The van der Waals surface area contributed by atoms with E-state index < -0.39 is 0 Å². The minimum atomic E-state index is 0.116. The third kappa shape index (κ3) is 2.88. The van der Waals surface area contributed by atoms with Gasteiger partial charge in [0.05, 0.1) is 28.8 Å². The van der Waals surface area contributed by atoms with Crippen LogP contribution in [0.2, 0.25) is 0 Å².